The van der Waals surface area contributed by atoms with Gasteiger partial charge in [0.25, 0.3) is 5.91 Å². The lowest BCUT2D eigenvalue weighted by Crippen LogP contribution is -2.26. The van der Waals surface area contributed by atoms with E-state index in [-0.39, 0.29) is 11.7 Å². The van der Waals surface area contributed by atoms with Crippen molar-refractivity contribution in [1.29, 1.82) is 0 Å². The fourth-order valence-electron chi connectivity index (χ4n) is 1.88. The van der Waals surface area contributed by atoms with E-state index in [0.717, 1.165) is 18.4 Å². The summed E-state index contributed by atoms with van der Waals surface area (Å²) in [5.41, 5.74) is 1.32. The van der Waals surface area contributed by atoms with Crippen molar-refractivity contribution in [2.24, 2.45) is 5.92 Å². The molecular formula is C13H17NO2. The van der Waals surface area contributed by atoms with Gasteiger partial charge in [0.05, 0.1) is 0 Å². The van der Waals surface area contributed by atoms with Crippen LogP contribution in [0.15, 0.2) is 18.2 Å². The zero-order valence-corrected chi connectivity index (χ0v) is 9.66. The van der Waals surface area contributed by atoms with Crippen LogP contribution in [0, 0.1) is 12.8 Å². The molecule has 0 bridgehead atoms. The lowest BCUT2D eigenvalue weighted by atomic mass is 10.1. The molecule has 0 heterocycles. The minimum atomic E-state index is -0.0868. The van der Waals surface area contributed by atoms with Crippen LogP contribution in [0.5, 0.6) is 5.75 Å². The van der Waals surface area contributed by atoms with Gasteiger partial charge in [0.1, 0.15) is 5.75 Å². The number of amides is 1. The summed E-state index contributed by atoms with van der Waals surface area (Å²) in [7, 11) is 0. The molecule has 1 aliphatic carbocycles. The third-order valence-electron chi connectivity index (χ3n) is 3.23. The Kier molecular flexibility index (Phi) is 2.86. The Hall–Kier alpha value is -1.51. The van der Waals surface area contributed by atoms with Gasteiger partial charge in [-0.25, -0.2) is 0 Å². The summed E-state index contributed by atoms with van der Waals surface area (Å²) < 4.78 is 0. The molecule has 2 unspecified atom stereocenters. The number of hydrogen-bond donors (Lipinski definition) is 2. The lowest BCUT2D eigenvalue weighted by Gasteiger charge is -2.05. The fourth-order valence-corrected chi connectivity index (χ4v) is 1.88. The molecule has 2 rings (SSSR count). The van der Waals surface area contributed by atoms with E-state index in [4.69, 9.17) is 0 Å². The van der Waals surface area contributed by atoms with Gasteiger partial charge >= 0.3 is 0 Å². The first-order valence-corrected chi connectivity index (χ1v) is 5.72. The molecule has 86 valence electrons. The Morgan fingerprint density at radius 3 is 2.88 bits per heavy atom. The topological polar surface area (TPSA) is 49.3 Å². The van der Waals surface area contributed by atoms with Gasteiger partial charge in [-0.05, 0) is 37.0 Å². The van der Waals surface area contributed by atoms with E-state index in [1.807, 2.05) is 6.92 Å². The summed E-state index contributed by atoms with van der Waals surface area (Å²) in [5.74, 6) is 0.731. The molecule has 0 aromatic heterocycles. The molecule has 3 heteroatoms. The average molecular weight is 219 g/mol. The van der Waals surface area contributed by atoms with Crippen molar-refractivity contribution in [2.75, 3.05) is 0 Å². The SMILES string of the molecule is CCC1CC1NC(=O)c1ccc(C)c(O)c1. The van der Waals surface area contributed by atoms with E-state index < -0.39 is 0 Å². The lowest BCUT2D eigenvalue weighted by molar-refractivity contribution is 0.0948. The van der Waals surface area contributed by atoms with E-state index in [1.54, 1.807) is 12.1 Å². The van der Waals surface area contributed by atoms with Crippen LogP contribution < -0.4 is 5.32 Å². The van der Waals surface area contributed by atoms with Crippen molar-refractivity contribution < 1.29 is 9.90 Å². The zero-order chi connectivity index (χ0) is 11.7. The van der Waals surface area contributed by atoms with E-state index in [9.17, 15) is 9.90 Å². The predicted molar refractivity (Wildman–Crippen MR) is 62.5 cm³/mol. The number of carbonyl (C=O) groups is 1. The minimum absolute atomic E-state index is 0.0868. The maximum absolute atomic E-state index is 11.8. The predicted octanol–water partition coefficient (Wildman–Crippen LogP) is 2.23. The first-order chi connectivity index (χ1) is 7.61. The van der Waals surface area contributed by atoms with Crippen LogP contribution in [0.2, 0.25) is 0 Å². The molecule has 0 spiro atoms. The summed E-state index contributed by atoms with van der Waals surface area (Å²) in [6, 6.07) is 5.36. The van der Waals surface area contributed by atoms with Crippen molar-refractivity contribution in [2.45, 2.75) is 32.7 Å². The second-order valence-corrected chi connectivity index (χ2v) is 4.49. The van der Waals surface area contributed by atoms with Gasteiger partial charge in [0.15, 0.2) is 0 Å². The van der Waals surface area contributed by atoms with Crippen LogP contribution in [0.3, 0.4) is 0 Å². The molecule has 0 aliphatic heterocycles. The van der Waals surface area contributed by atoms with Crippen molar-refractivity contribution >= 4 is 5.91 Å². The number of phenolic OH excluding ortho intramolecular Hbond substituents is 1. The Morgan fingerprint density at radius 2 is 2.31 bits per heavy atom. The molecule has 1 amide bonds. The molecule has 1 aromatic rings. The number of nitrogens with one attached hydrogen (secondary N) is 1. The van der Waals surface area contributed by atoms with Gasteiger partial charge in [-0.15, -0.1) is 0 Å². The Morgan fingerprint density at radius 1 is 1.56 bits per heavy atom. The van der Waals surface area contributed by atoms with Gasteiger partial charge in [-0.3, -0.25) is 4.79 Å². The summed E-state index contributed by atoms with van der Waals surface area (Å²) in [6.07, 6.45) is 2.20. The van der Waals surface area contributed by atoms with Gasteiger partial charge < -0.3 is 10.4 Å². The number of carbonyl (C=O) groups excluding carboxylic acids is 1. The number of aromatic hydroxyl groups is 1. The van der Waals surface area contributed by atoms with E-state index >= 15 is 0 Å². The molecule has 1 fully saturated rings. The average Bonchev–Trinajstić information content (AvgIpc) is 3.00. The summed E-state index contributed by atoms with van der Waals surface area (Å²) in [6.45, 7) is 3.94. The highest BCUT2D eigenvalue weighted by Crippen LogP contribution is 2.33. The highest BCUT2D eigenvalue weighted by Gasteiger charge is 2.36. The van der Waals surface area contributed by atoms with Crippen LogP contribution in [0.25, 0.3) is 0 Å². The molecule has 0 saturated heterocycles. The smallest absolute Gasteiger partial charge is 0.251 e. The molecule has 1 aromatic carbocycles. The van der Waals surface area contributed by atoms with E-state index in [0.29, 0.717) is 17.5 Å². The van der Waals surface area contributed by atoms with Crippen molar-refractivity contribution in [3.8, 4) is 5.75 Å². The quantitative estimate of drug-likeness (QED) is 0.819. The maximum Gasteiger partial charge on any atom is 0.251 e. The Balaban J connectivity index is 2.01. The number of phenols is 1. The Labute approximate surface area is 95.5 Å². The zero-order valence-electron chi connectivity index (χ0n) is 9.66. The second-order valence-electron chi connectivity index (χ2n) is 4.49. The normalized spacial score (nSPS) is 22.9. The van der Waals surface area contributed by atoms with E-state index in [1.165, 1.54) is 6.07 Å². The Bertz CT molecular complexity index is 414. The van der Waals surface area contributed by atoms with Crippen molar-refractivity contribution in [3.05, 3.63) is 29.3 Å². The van der Waals surface area contributed by atoms with Crippen LogP contribution in [-0.4, -0.2) is 17.1 Å². The number of benzene rings is 1. The highest BCUT2D eigenvalue weighted by atomic mass is 16.3. The summed E-state index contributed by atoms with van der Waals surface area (Å²) in [4.78, 5) is 11.8. The molecule has 16 heavy (non-hydrogen) atoms. The van der Waals surface area contributed by atoms with Crippen LogP contribution in [0.1, 0.15) is 35.7 Å². The van der Waals surface area contributed by atoms with Crippen molar-refractivity contribution in [3.63, 3.8) is 0 Å². The molecule has 1 saturated carbocycles. The van der Waals surface area contributed by atoms with Gasteiger partial charge in [0.2, 0.25) is 0 Å². The molecule has 2 atom stereocenters. The first-order valence-electron chi connectivity index (χ1n) is 5.72. The third-order valence-corrected chi connectivity index (χ3v) is 3.23. The van der Waals surface area contributed by atoms with Gasteiger partial charge in [0, 0.05) is 11.6 Å². The van der Waals surface area contributed by atoms with Gasteiger partial charge in [-0.1, -0.05) is 19.4 Å². The number of hydrogen-bond acceptors (Lipinski definition) is 2. The molecule has 0 radical (unpaired) electrons. The summed E-state index contributed by atoms with van der Waals surface area (Å²) in [5, 5.41) is 12.5. The third kappa shape index (κ3) is 2.18. The minimum Gasteiger partial charge on any atom is -0.508 e. The molecule has 3 nitrogen and oxygen atoms in total. The maximum atomic E-state index is 11.8. The van der Waals surface area contributed by atoms with Crippen LogP contribution in [-0.2, 0) is 0 Å². The second kappa shape index (κ2) is 4.16. The van der Waals surface area contributed by atoms with Crippen LogP contribution >= 0.6 is 0 Å². The van der Waals surface area contributed by atoms with E-state index in [2.05, 4.69) is 12.2 Å². The standard InChI is InChI=1S/C13H17NO2/c1-3-9-6-11(9)14-13(16)10-5-4-8(2)12(15)7-10/h4-5,7,9,11,15H,3,6H2,1-2H3,(H,14,16). The largest absolute Gasteiger partial charge is 0.508 e. The molecule has 1 aliphatic rings. The fraction of sp³-hybridized carbons (Fsp3) is 0.462. The monoisotopic (exact) mass is 219 g/mol. The van der Waals surface area contributed by atoms with Crippen LogP contribution in [0.4, 0.5) is 0 Å². The summed E-state index contributed by atoms with van der Waals surface area (Å²) >= 11 is 0. The number of aryl methyl sites for hydroxylation is 1. The first kappa shape index (κ1) is 11.0. The van der Waals surface area contributed by atoms with Gasteiger partial charge in [-0.2, -0.15) is 0 Å². The molecule has 2 N–H and O–H groups in total. The highest BCUT2D eigenvalue weighted by molar-refractivity contribution is 5.95. The molecular weight excluding hydrogens is 202 g/mol. The number of rotatable bonds is 3. The van der Waals surface area contributed by atoms with Crippen molar-refractivity contribution in [1.82, 2.24) is 5.32 Å².